The van der Waals surface area contributed by atoms with E-state index < -0.39 is 0 Å². The summed E-state index contributed by atoms with van der Waals surface area (Å²) in [5, 5.41) is 3.30. The van der Waals surface area contributed by atoms with Gasteiger partial charge in [0.1, 0.15) is 10.3 Å². The van der Waals surface area contributed by atoms with E-state index in [4.69, 9.17) is 23.2 Å². The number of pyridine rings is 1. The Morgan fingerprint density at radius 2 is 1.75 bits per heavy atom. The van der Waals surface area contributed by atoms with Gasteiger partial charge in [-0.25, -0.2) is 4.98 Å². The predicted octanol–water partition coefficient (Wildman–Crippen LogP) is 3.16. The maximum absolute atomic E-state index is 11.8. The van der Waals surface area contributed by atoms with E-state index in [1.807, 2.05) is 20.8 Å². The third-order valence-electron chi connectivity index (χ3n) is 2.38. The second-order valence-electron chi connectivity index (χ2n) is 4.01. The SMILES string of the molecule is CC(C)C(C)NC(=O)c1cc(Cl)nc(Cl)c1. The molecule has 0 saturated heterocycles. The highest BCUT2D eigenvalue weighted by Crippen LogP contribution is 2.15. The van der Waals surface area contributed by atoms with Gasteiger partial charge in [0.15, 0.2) is 0 Å². The minimum Gasteiger partial charge on any atom is -0.349 e. The predicted molar refractivity (Wildman–Crippen MR) is 66.0 cm³/mol. The Kier molecular flexibility index (Phi) is 4.56. The lowest BCUT2D eigenvalue weighted by Crippen LogP contribution is -2.36. The molecule has 88 valence electrons. The van der Waals surface area contributed by atoms with E-state index in [1.54, 1.807) is 0 Å². The van der Waals surface area contributed by atoms with Gasteiger partial charge in [0.2, 0.25) is 0 Å². The molecule has 0 radical (unpaired) electrons. The van der Waals surface area contributed by atoms with Gasteiger partial charge in [0.05, 0.1) is 0 Å². The Labute approximate surface area is 105 Å². The standard InChI is InChI=1S/C11H14Cl2N2O/c1-6(2)7(3)14-11(16)8-4-9(12)15-10(13)5-8/h4-7H,1-3H3,(H,14,16). The largest absolute Gasteiger partial charge is 0.349 e. The van der Waals surface area contributed by atoms with Crippen molar-refractivity contribution in [3.8, 4) is 0 Å². The van der Waals surface area contributed by atoms with Gasteiger partial charge < -0.3 is 5.32 Å². The first-order chi connectivity index (χ1) is 7.40. The van der Waals surface area contributed by atoms with Crippen LogP contribution in [-0.2, 0) is 0 Å². The van der Waals surface area contributed by atoms with E-state index in [0.29, 0.717) is 11.5 Å². The zero-order valence-electron chi connectivity index (χ0n) is 9.42. The van der Waals surface area contributed by atoms with Crippen molar-refractivity contribution in [2.45, 2.75) is 26.8 Å². The van der Waals surface area contributed by atoms with Gasteiger partial charge in [0, 0.05) is 11.6 Å². The molecule has 1 N–H and O–H groups in total. The van der Waals surface area contributed by atoms with Gasteiger partial charge in [0.25, 0.3) is 5.91 Å². The molecule has 16 heavy (non-hydrogen) atoms. The molecule has 1 aromatic heterocycles. The molecule has 0 aliphatic rings. The summed E-state index contributed by atoms with van der Waals surface area (Å²) in [6.45, 7) is 6.03. The van der Waals surface area contributed by atoms with Crippen LogP contribution in [0.1, 0.15) is 31.1 Å². The molecule has 0 aliphatic carbocycles. The topological polar surface area (TPSA) is 42.0 Å². The molecule has 0 aromatic carbocycles. The molecule has 1 rings (SSSR count). The first kappa shape index (κ1) is 13.3. The molecule has 1 heterocycles. The maximum atomic E-state index is 11.8. The first-order valence-corrected chi connectivity index (χ1v) is 5.79. The summed E-state index contributed by atoms with van der Waals surface area (Å²) in [6.07, 6.45) is 0. The Morgan fingerprint density at radius 1 is 1.25 bits per heavy atom. The van der Waals surface area contributed by atoms with Gasteiger partial charge >= 0.3 is 0 Å². The number of nitrogens with one attached hydrogen (secondary N) is 1. The molecular weight excluding hydrogens is 247 g/mol. The fourth-order valence-electron chi connectivity index (χ4n) is 1.05. The molecule has 0 saturated carbocycles. The lowest BCUT2D eigenvalue weighted by atomic mass is 10.1. The van der Waals surface area contributed by atoms with E-state index in [9.17, 15) is 4.79 Å². The summed E-state index contributed by atoms with van der Waals surface area (Å²) in [5.74, 6) is 0.184. The molecule has 1 unspecified atom stereocenters. The van der Waals surface area contributed by atoms with Crippen LogP contribution in [0.3, 0.4) is 0 Å². The molecule has 0 spiro atoms. The van der Waals surface area contributed by atoms with Crippen LogP contribution in [0, 0.1) is 5.92 Å². The summed E-state index contributed by atoms with van der Waals surface area (Å²) in [4.78, 5) is 15.6. The van der Waals surface area contributed by atoms with Crippen molar-refractivity contribution in [2.75, 3.05) is 0 Å². The zero-order chi connectivity index (χ0) is 12.3. The van der Waals surface area contributed by atoms with Crippen molar-refractivity contribution < 1.29 is 4.79 Å². The maximum Gasteiger partial charge on any atom is 0.251 e. The van der Waals surface area contributed by atoms with Gasteiger partial charge in [-0.1, -0.05) is 37.0 Å². The third-order valence-corrected chi connectivity index (χ3v) is 2.77. The van der Waals surface area contributed by atoms with Crippen LogP contribution >= 0.6 is 23.2 Å². The summed E-state index contributed by atoms with van der Waals surface area (Å²) >= 11 is 11.4. The molecule has 3 nitrogen and oxygen atoms in total. The highest BCUT2D eigenvalue weighted by atomic mass is 35.5. The van der Waals surface area contributed by atoms with E-state index in [1.165, 1.54) is 12.1 Å². The molecular formula is C11H14Cl2N2O. The molecule has 0 fully saturated rings. The Hall–Kier alpha value is -0.800. The number of amides is 1. The Morgan fingerprint density at radius 3 is 2.19 bits per heavy atom. The quantitative estimate of drug-likeness (QED) is 0.849. The van der Waals surface area contributed by atoms with Crippen molar-refractivity contribution in [1.82, 2.24) is 10.3 Å². The molecule has 0 aliphatic heterocycles. The summed E-state index contributed by atoms with van der Waals surface area (Å²) in [6, 6.07) is 3.09. The lowest BCUT2D eigenvalue weighted by molar-refractivity contribution is 0.0930. The van der Waals surface area contributed by atoms with E-state index in [2.05, 4.69) is 10.3 Å². The van der Waals surface area contributed by atoms with E-state index >= 15 is 0 Å². The van der Waals surface area contributed by atoms with Crippen LogP contribution in [0.5, 0.6) is 0 Å². The van der Waals surface area contributed by atoms with Crippen molar-refractivity contribution in [3.05, 3.63) is 28.0 Å². The summed E-state index contributed by atoms with van der Waals surface area (Å²) in [7, 11) is 0. The second kappa shape index (κ2) is 5.51. The minimum atomic E-state index is -0.188. The zero-order valence-corrected chi connectivity index (χ0v) is 10.9. The number of aromatic nitrogens is 1. The van der Waals surface area contributed by atoms with Crippen LogP contribution in [0.25, 0.3) is 0 Å². The fourth-order valence-corrected chi connectivity index (χ4v) is 1.51. The fraction of sp³-hybridized carbons (Fsp3) is 0.455. The number of hydrogen-bond donors (Lipinski definition) is 1. The first-order valence-electron chi connectivity index (χ1n) is 5.04. The number of halogens is 2. The number of rotatable bonds is 3. The van der Waals surface area contributed by atoms with Crippen molar-refractivity contribution in [3.63, 3.8) is 0 Å². The molecule has 1 aromatic rings. The van der Waals surface area contributed by atoms with Gasteiger partial charge in [-0.15, -0.1) is 0 Å². The second-order valence-corrected chi connectivity index (χ2v) is 4.78. The van der Waals surface area contributed by atoms with Crippen LogP contribution in [-0.4, -0.2) is 16.9 Å². The van der Waals surface area contributed by atoms with Crippen LogP contribution < -0.4 is 5.32 Å². The molecule has 5 heteroatoms. The highest BCUT2D eigenvalue weighted by molar-refractivity contribution is 6.33. The lowest BCUT2D eigenvalue weighted by Gasteiger charge is -2.17. The number of carbonyl (C=O) groups excluding carboxylic acids is 1. The van der Waals surface area contributed by atoms with Gasteiger partial charge in [-0.05, 0) is 25.0 Å². The minimum absolute atomic E-state index is 0.0956. The highest BCUT2D eigenvalue weighted by Gasteiger charge is 2.13. The monoisotopic (exact) mass is 260 g/mol. The molecule has 1 amide bonds. The Bertz CT molecular complexity index is 373. The molecule has 0 bridgehead atoms. The van der Waals surface area contributed by atoms with Crippen LogP contribution in [0.2, 0.25) is 10.3 Å². The number of hydrogen-bond acceptors (Lipinski definition) is 2. The normalized spacial score (nSPS) is 12.6. The van der Waals surface area contributed by atoms with Crippen LogP contribution in [0.4, 0.5) is 0 Å². The van der Waals surface area contributed by atoms with Crippen molar-refractivity contribution in [2.24, 2.45) is 5.92 Å². The number of nitrogens with zero attached hydrogens (tertiary/aromatic N) is 1. The summed E-state index contributed by atoms with van der Waals surface area (Å²) in [5.41, 5.74) is 0.428. The van der Waals surface area contributed by atoms with Gasteiger partial charge in [-0.2, -0.15) is 0 Å². The smallest absolute Gasteiger partial charge is 0.251 e. The Balaban J connectivity index is 2.80. The van der Waals surface area contributed by atoms with Gasteiger partial charge in [-0.3, -0.25) is 4.79 Å². The van der Waals surface area contributed by atoms with E-state index in [-0.39, 0.29) is 22.3 Å². The van der Waals surface area contributed by atoms with Crippen molar-refractivity contribution in [1.29, 1.82) is 0 Å². The third kappa shape index (κ3) is 3.65. The van der Waals surface area contributed by atoms with Crippen LogP contribution in [0.15, 0.2) is 12.1 Å². The van der Waals surface area contributed by atoms with E-state index in [0.717, 1.165) is 0 Å². The average molecular weight is 261 g/mol. The average Bonchev–Trinajstić information content (AvgIpc) is 2.15. The molecule has 1 atom stereocenters. The summed E-state index contributed by atoms with van der Waals surface area (Å²) < 4.78 is 0. The van der Waals surface area contributed by atoms with Crippen molar-refractivity contribution >= 4 is 29.1 Å². The number of carbonyl (C=O) groups is 1.